The Kier molecular flexibility index (Phi) is 3.60. The summed E-state index contributed by atoms with van der Waals surface area (Å²) < 4.78 is 0. The molecule has 0 bridgehead atoms. The van der Waals surface area contributed by atoms with Crippen LogP contribution >= 0.6 is 0 Å². The number of hydrogen-bond acceptors (Lipinski definition) is 3. The van der Waals surface area contributed by atoms with Crippen molar-refractivity contribution >= 4 is 17.8 Å². The van der Waals surface area contributed by atoms with Gasteiger partial charge in [-0.25, -0.2) is 4.79 Å². The molecule has 6 nitrogen and oxygen atoms in total. The molecule has 1 aliphatic carbocycles. The fourth-order valence-corrected chi connectivity index (χ4v) is 2.91. The van der Waals surface area contributed by atoms with Crippen LogP contribution in [0.5, 0.6) is 0 Å². The number of imide groups is 1. The first-order chi connectivity index (χ1) is 10.6. The zero-order chi connectivity index (χ0) is 15.7. The molecule has 2 fully saturated rings. The Hall–Kier alpha value is -2.37. The second-order valence-electron chi connectivity index (χ2n) is 5.80. The molecule has 6 heteroatoms. The van der Waals surface area contributed by atoms with Crippen molar-refractivity contribution in [3.63, 3.8) is 0 Å². The molecule has 0 radical (unpaired) electrons. The smallest absolute Gasteiger partial charge is 0.318 e. The van der Waals surface area contributed by atoms with Gasteiger partial charge in [-0.2, -0.15) is 5.01 Å². The SMILES string of the molecule is CC[C@@]1(c2ccccc2)NC(=O)N(NC(=O)C2CCC2)C1=O. The summed E-state index contributed by atoms with van der Waals surface area (Å²) in [5.74, 6) is -0.775. The molecule has 1 aromatic rings. The summed E-state index contributed by atoms with van der Waals surface area (Å²) in [6, 6.07) is 8.52. The van der Waals surface area contributed by atoms with Crippen LogP contribution in [-0.2, 0) is 15.1 Å². The van der Waals surface area contributed by atoms with Gasteiger partial charge in [-0.15, -0.1) is 0 Å². The van der Waals surface area contributed by atoms with Gasteiger partial charge in [0.15, 0.2) is 0 Å². The summed E-state index contributed by atoms with van der Waals surface area (Å²) in [5.41, 5.74) is 2.08. The van der Waals surface area contributed by atoms with Crippen LogP contribution in [0.4, 0.5) is 4.79 Å². The van der Waals surface area contributed by atoms with E-state index < -0.39 is 17.5 Å². The Labute approximate surface area is 128 Å². The third-order valence-electron chi connectivity index (χ3n) is 4.59. The number of nitrogens with one attached hydrogen (secondary N) is 2. The average Bonchev–Trinajstić information content (AvgIpc) is 2.71. The number of urea groups is 1. The maximum atomic E-state index is 12.8. The molecule has 3 rings (SSSR count). The molecule has 2 N–H and O–H groups in total. The lowest BCUT2D eigenvalue weighted by atomic mass is 9.85. The van der Waals surface area contributed by atoms with E-state index in [1.54, 1.807) is 12.1 Å². The minimum absolute atomic E-state index is 0.0889. The predicted molar refractivity (Wildman–Crippen MR) is 79.3 cm³/mol. The van der Waals surface area contributed by atoms with Gasteiger partial charge in [0.1, 0.15) is 5.54 Å². The lowest BCUT2D eigenvalue weighted by Crippen LogP contribution is -2.51. The van der Waals surface area contributed by atoms with Crippen LogP contribution in [0.1, 0.15) is 38.2 Å². The predicted octanol–water partition coefficient (Wildman–Crippen LogP) is 1.68. The zero-order valence-corrected chi connectivity index (χ0v) is 12.5. The molecule has 0 spiro atoms. The molecule has 1 heterocycles. The number of carbonyl (C=O) groups excluding carboxylic acids is 3. The van der Waals surface area contributed by atoms with E-state index >= 15 is 0 Å². The van der Waals surface area contributed by atoms with Gasteiger partial charge in [0, 0.05) is 5.92 Å². The van der Waals surface area contributed by atoms with Crippen LogP contribution in [0.2, 0.25) is 0 Å². The maximum absolute atomic E-state index is 12.8. The van der Waals surface area contributed by atoms with E-state index in [1.165, 1.54) is 0 Å². The van der Waals surface area contributed by atoms with E-state index in [9.17, 15) is 14.4 Å². The highest BCUT2D eigenvalue weighted by Crippen LogP contribution is 2.32. The molecule has 1 aromatic carbocycles. The Bertz CT molecular complexity index is 612. The lowest BCUT2D eigenvalue weighted by molar-refractivity contribution is -0.142. The molecule has 1 atom stereocenters. The second kappa shape index (κ2) is 5.44. The van der Waals surface area contributed by atoms with Crippen LogP contribution < -0.4 is 10.7 Å². The highest BCUT2D eigenvalue weighted by molar-refractivity contribution is 6.08. The molecule has 0 unspecified atom stereocenters. The van der Waals surface area contributed by atoms with Crippen LogP contribution in [0.3, 0.4) is 0 Å². The summed E-state index contributed by atoms with van der Waals surface area (Å²) in [6.07, 6.45) is 3.05. The van der Waals surface area contributed by atoms with Crippen molar-refractivity contribution < 1.29 is 14.4 Å². The van der Waals surface area contributed by atoms with Gasteiger partial charge < -0.3 is 5.32 Å². The largest absolute Gasteiger partial charge is 0.344 e. The van der Waals surface area contributed by atoms with E-state index in [0.717, 1.165) is 29.8 Å². The first-order valence-corrected chi connectivity index (χ1v) is 7.61. The molecule has 0 aromatic heterocycles. The first kappa shape index (κ1) is 14.6. The molecule has 22 heavy (non-hydrogen) atoms. The molecule has 4 amide bonds. The van der Waals surface area contributed by atoms with Crippen molar-refractivity contribution in [3.05, 3.63) is 35.9 Å². The third kappa shape index (κ3) is 2.15. The average molecular weight is 301 g/mol. The fourth-order valence-electron chi connectivity index (χ4n) is 2.91. The summed E-state index contributed by atoms with van der Waals surface area (Å²) in [4.78, 5) is 37.0. The van der Waals surface area contributed by atoms with Crippen molar-refractivity contribution in [2.75, 3.05) is 0 Å². The number of rotatable bonds is 4. The van der Waals surface area contributed by atoms with E-state index in [-0.39, 0.29) is 11.8 Å². The minimum Gasteiger partial charge on any atom is -0.318 e. The van der Waals surface area contributed by atoms with Gasteiger partial charge in [0.05, 0.1) is 0 Å². The molecule has 1 saturated heterocycles. The van der Waals surface area contributed by atoms with Crippen molar-refractivity contribution in [2.45, 2.75) is 38.1 Å². The number of carbonyl (C=O) groups is 3. The van der Waals surface area contributed by atoms with Crippen LogP contribution in [0.15, 0.2) is 30.3 Å². The molecule has 1 aliphatic heterocycles. The quantitative estimate of drug-likeness (QED) is 0.830. The van der Waals surface area contributed by atoms with Crippen LogP contribution in [0, 0.1) is 5.92 Å². The van der Waals surface area contributed by atoms with Crippen molar-refractivity contribution in [1.82, 2.24) is 15.8 Å². The standard InChI is InChI=1S/C16H19N3O3/c1-2-16(12-9-4-3-5-10-12)14(21)19(15(22)17-16)18-13(20)11-7-6-8-11/h3-5,9-11H,2,6-8H2,1H3,(H,17,22)(H,18,20)/t16-/m0/s1. The van der Waals surface area contributed by atoms with Gasteiger partial charge in [0.25, 0.3) is 5.91 Å². The van der Waals surface area contributed by atoms with Crippen LogP contribution in [-0.4, -0.2) is 22.9 Å². The molecular weight excluding hydrogens is 282 g/mol. The fraction of sp³-hybridized carbons (Fsp3) is 0.438. The van der Waals surface area contributed by atoms with E-state index in [4.69, 9.17) is 0 Å². The molecule has 2 aliphatic rings. The first-order valence-electron chi connectivity index (χ1n) is 7.61. The van der Waals surface area contributed by atoms with Gasteiger partial charge >= 0.3 is 6.03 Å². The Balaban J connectivity index is 1.84. The zero-order valence-electron chi connectivity index (χ0n) is 12.5. The Morgan fingerprint density at radius 2 is 2.00 bits per heavy atom. The van der Waals surface area contributed by atoms with E-state index in [2.05, 4.69) is 10.7 Å². The highest BCUT2D eigenvalue weighted by Gasteiger charge is 2.52. The van der Waals surface area contributed by atoms with Crippen molar-refractivity contribution in [2.24, 2.45) is 5.92 Å². The highest BCUT2D eigenvalue weighted by atomic mass is 16.2. The van der Waals surface area contributed by atoms with E-state index in [0.29, 0.717) is 6.42 Å². The van der Waals surface area contributed by atoms with Crippen LogP contribution in [0.25, 0.3) is 0 Å². The van der Waals surface area contributed by atoms with Crippen molar-refractivity contribution in [3.8, 4) is 0 Å². The van der Waals surface area contributed by atoms with Crippen molar-refractivity contribution in [1.29, 1.82) is 0 Å². The van der Waals surface area contributed by atoms with Gasteiger partial charge in [-0.05, 0) is 24.8 Å². The third-order valence-corrected chi connectivity index (χ3v) is 4.59. The molecular formula is C16H19N3O3. The number of amides is 4. The second-order valence-corrected chi connectivity index (χ2v) is 5.80. The number of hydrazine groups is 1. The number of benzene rings is 1. The Morgan fingerprint density at radius 1 is 1.32 bits per heavy atom. The summed E-state index contributed by atoms with van der Waals surface area (Å²) in [6.45, 7) is 1.84. The minimum atomic E-state index is -1.11. The van der Waals surface area contributed by atoms with Gasteiger partial charge in [-0.1, -0.05) is 43.7 Å². The summed E-state index contributed by atoms with van der Waals surface area (Å²) >= 11 is 0. The van der Waals surface area contributed by atoms with E-state index in [1.807, 2.05) is 25.1 Å². The molecule has 116 valence electrons. The topological polar surface area (TPSA) is 78.5 Å². The maximum Gasteiger partial charge on any atom is 0.344 e. The number of nitrogens with zero attached hydrogens (tertiary/aromatic N) is 1. The normalized spacial score (nSPS) is 24.9. The Morgan fingerprint density at radius 3 is 2.55 bits per heavy atom. The van der Waals surface area contributed by atoms with Gasteiger partial charge in [0.2, 0.25) is 5.91 Å². The molecule has 1 saturated carbocycles. The monoisotopic (exact) mass is 301 g/mol. The number of hydrogen-bond donors (Lipinski definition) is 2. The lowest BCUT2D eigenvalue weighted by Gasteiger charge is -2.27. The summed E-state index contributed by atoms with van der Waals surface area (Å²) in [5, 5.41) is 3.57. The van der Waals surface area contributed by atoms with Gasteiger partial charge in [-0.3, -0.25) is 15.0 Å². The summed E-state index contributed by atoms with van der Waals surface area (Å²) in [7, 11) is 0.